The first-order valence-electron chi connectivity index (χ1n) is 7.83. The van der Waals surface area contributed by atoms with E-state index in [4.69, 9.17) is 11.6 Å². The van der Waals surface area contributed by atoms with Gasteiger partial charge in [0.15, 0.2) is 0 Å². The average molecular weight is 330 g/mol. The predicted octanol–water partition coefficient (Wildman–Crippen LogP) is 5.18. The van der Waals surface area contributed by atoms with E-state index in [1.807, 2.05) is 31.6 Å². The Balaban J connectivity index is 2.12. The number of anilines is 1. The van der Waals surface area contributed by atoms with E-state index in [0.29, 0.717) is 0 Å². The lowest BCUT2D eigenvalue weighted by molar-refractivity contribution is 0.552. The molecule has 2 aromatic rings. The number of aliphatic imine (C=N–C) groups is 1. The molecule has 2 aromatic carbocycles. The molecule has 0 heterocycles. The van der Waals surface area contributed by atoms with E-state index in [1.54, 1.807) is 0 Å². The van der Waals surface area contributed by atoms with Gasteiger partial charge >= 0.3 is 0 Å². The first-order valence-corrected chi connectivity index (χ1v) is 8.21. The summed E-state index contributed by atoms with van der Waals surface area (Å²) in [5, 5.41) is 4.25. The van der Waals surface area contributed by atoms with Crippen molar-refractivity contribution in [1.29, 1.82) is 0 Å². The molecule has 2 rings (SSSR count). The maximum absolute atomic E-state index is 6.03. The zero-order chi connectivity index (χ0) is 16.8. The summed E-state index contributed by atoms with van der Waals surface area (Å²) in [6.07, 6.45) is 1.88. The lowest BCUT2D eigenvalue weighted by Crippen LogP contribution is -2.14. The molecule has 0 amide bonds. The van der Waals surface area contributed by atoms with Gasteiger partial charge in [-0.2, -0.15) is 0 Å². The second-order valence-electron chi connectivity index (χ2n) is 5.75. The van der Waals surface area contributed by atoms with Gasteiger partial charge in [0.25, 0.3) is 0 Å². The molecule has 0 saturated carbocycles. The van der Waals surface area contributed by atoms with Crippen LogP contribution in [-0.4, -0.2) is 24.8 Å². The summed E-state index contributed by atoms with van der Waals surface area (Å²) in [6, 6.07) is 12.2. The number of hydrogen-bond acceptors (Lipinski definition) is 2. The van der Waals surface area contributed by atoms with Crippen molar-refractivity contribution < 1.29 is 0 Å². The van der Waals surface area contributed by atoms with Crippen LogP contribution in [0.4, 0.5) is 11.4 Å². The molecule has 1 N–H and O–H groups in total. The van der Waals surface area contributed by atoms with Crippen LogP contribution in [0.25, 0.3) is 0 Å². The van der Waals surface area contributed by atoms with Crippen LogP contribution in [0.2, 0.25) is 5.02 Å². The number of nitrogens with zero attached hydrogens (tertiary/aromatic N) is 2. The molecule has 0 atom stereocenters. The van der Waals surface area contributed by atoms with Crippen molar-refractivity contribution in [2.24, 2.45) is 4.99 Å². The highest BCUT2D eigenvalue weighted by molar-refractivity contribution is 6.30. The third-order valence-corrected chi connectivity index (χ3v) is 4.04. The smallest absolute Gasteiger partial charge is 0.0909 e. The van der Waals surface area contributed by atoms with E-state index in [9.17, 15) is 0 Å². The Hall–Kier alpha value is -2.00. The second-order valence-corrected chi connectivity index (χ2v) is 6.19. The fraction of sp³-hybridized carbons (Fsp3) is 0.316. The number of rotatable bonds is 6. The van der Waals surface area contributed by atoms with Crippen molar-refractivity contribution in [2.45, 2.75) is 27.3 Å². The molecular formula is C19H24ClN3. The van der Waals surface area contributed by atoms with Gasteiger partial charge in [-0.15, -0.1) is 0 Å². The molecule has 0 fully saturated rings. The molecule has 0 saturated heterocycles. The Morgan fingerprint density at radius 1 is 1.17 bits per heavy atom. The average Bonchev–Trinajstić information content (AvgIpc) is 2.53. The third-order valence-electron chi connectivity index (χ3n) is 3.81. The van der Waals surface area contributed by atoms with Gasteiger partial charge in [0, 0.05) is 30.8 Å². The Bertz CT molecular complexity index is 695. The minimum absolute atomic E-state index is 0.752. The lowest BCUT2D eigenvalue weighted by atomic mass is 10.1. The molecule has 0 radical (unpaired) electrons. The Morgan fingerprint density at radius 3 is 2.65 bits per heavy atom. The minimum atomic E-state index is 0.752. The van der Waals surface area contributed by atoms with Crippen LogP contribution in [0, 0.1) is 13.8 Å². The van der Waals surface area contributed by atoms with Gasteiger partial charge in [0.2, 0.25) is 0 Å². The van der Waals surface area contributed by atoms with Crippen LogP contribution in [0.5, 0.6) is 0 Å². The van der Waals surface area contributed by atoms with Crippen LogP contribution in [0.15, 0.2) is 41.4 Å². The molecule has 0 unspecified atom stereocenters. The number of hydrogen-bond donors (Lipinski definition) is 1. The fourth-order valence-corrected chi connectivity index (χ4v) is 2.43. The summed E-state index contributed by atoms with van der Waals surface area (Å²) in [4.78, 5) is 6.62. The van der Waals surface area contributed by atoms with E-state index in [1.165, 1.54) is 11.1 Å². The number of halogens is 1. The third kappa shape index (κ3) is 5.00. The normalized spacial score (nSPS) is 11.0. The summed E-state index contributed by atoms with van der Waals surface area (Å²) in [5.41, 5.74) is 5.65. The Kier molecular flexibility index (Phi) is 6.05. The van der Waals surface area contributed by atoms with Crippen molar-refractivity contribution in [3.05, 3.63) is 58.1 Å². The highest BCUT2D eigenvalue weighted by Crippen LogP contribution is 2.27. The van der Waals surface area contributed by atoms with Crippen LogP contribution in [-0.2, 0) is 6.54 Å². The molecule has 0 aliphatic heterocycles. The highest BCUT2D eigenvalue weighted by Gasteiger charge is 2.04. The fourth-order valence-electron chi connectivity index (χ4n) is 2.22. The highest BCUT2D eigenvalue weighted by atomic mass is 35.5. The SMILES string of the molecule is CCN(C)C=Nc1cc(C)c(NCc2cccc(Cl)c2)cc1C. The largest absolute Gasteiger partial charge is 0.381 e. The van der Waals surface area contributed by atoms with E-state index < -0.39 is 0 Å². The molecule has 0 aliphatic carbocycles. The number of benzene rings is 2. The molecule has 122 valence electrons. The number of aryl methyl sites for hydroxylation is 2. The van der Waals surface area contributed by atoms with Crippen molar-refractivity contribution in [3.8, 4) is 0 Å². The molecule has 4 heteroatoms. The standard InChI is InChI=1S/C19H24ClN3/c1-5-23(4)13-22-19-10-14(2)18(9-15(19)3)21-12-16-7-6-8-17(20)11-16/h6-11,13,21H,5,12H2,1-4H3. The second kappa shape index (κ2) is 8.02. The molecule has 3 nitrogen and oxygen atoms in total. The summed E-state index contributed by atoms with van der Waals surface area (Å²) < 4.78 is 0. The van der Waals surface area contributed by atoms with Crippen molar-refractivity contribution in [2.75, 3.05) is 18.9 Å². The van der Waals surface area contributed by atoms with Crippen LogP contribution in [0.3, 0.4) is 0 Å². The summed E-state index contributed by atoms with van der Waals surface area (Å²) in [5.74, 6) is 0. The molecular weight excluding hydrogens is 306 g/mol. The topological polar surface area (TPSA) is 27.6 Å². The van der Waals surface area contributed by atoms with E-state index >= 15 is 0 Å². The first kappa shape index (κ1) is 17.4. The van der Waals surface area contributed by atoms with Gasteiger partial charge < -0.3 is 10.2 Å². The molecule has 0 aromatic heterocycles. The van der Waals surface area contributed by atoms with Crippen molar-refractivity contribution in [1.82, 2.24) is 4.90 Å². The Morgan fingerprint density at radius 2 is 1.96 bits per heavy atom. The molecule has 0 spiro atoms. The van der Waals surface area contributed by atoms with Crippen LogP contribution < -0.4 is 5.32 Å². The van der Waals surface area contributed by atoms with Gasteiger partial charge in [-0.05, 0) is 61.7 Å². The van der Waals surface area contributed by atoms with Crippen LogP contribution in [0.1, 0.15) is 23.6 Å². The van der Waals surface area contributed by atoms with Gasteiger partial charge in [-0.3, -0.25) is 0 Å². The van der Waals surface area contributed by atoms with Gasteiger partial charge in [-0.1, -0.05) is 23.7 Å². The van der Waals surface area contributed by atoms with E-state index in [-0.39, 0.29) is 0 Å². The maximum Gasteiger partial charge on any atom is 0.0909 e. The van der Waals surface area contributed by atoms with E-state index in [2.05, 4.69) is 54.2 Å². The summed E-state index contributed by atoms with van der Waals surface area (Å²) >= 11 is 6.03. The first-order chi connectivity index (χ1) is 11.0. The molecule has 0 aliphatic rings. The van der Waals surface area contributed by atoms with Crippen LogP contribution >= 0.6 is 11.6 Å². The molecule has 23 heavy (non-hydrogen) atoms. The van der Waals surface area contributed by atoms with E-state index in [0.717, 1.165) is 35.1 Å². The number of nitrogens with one attached hydrogen (secondary N) is 1. The zero-order valence-corrected chi connectivity index (χ0v) is 15.0. The van der Waals surface area contributed by atoms with Gasteiger partial charge in [0.05, 0.1) is 12.0 Å². The van der Waals surface area contributed by atoms with Gasteiger partial charge in [-0.25, -0.2) is 4.99 Å². The van der Waals surface area contributed by atoms with Crippen molar-refractivity contribution >= 4 is 29.3 Å². The zero-order valence-electron chi connectivity index (χ0n) is 14.2. The quantitative estimate of drug-likeness (QED) is 0.584. The monoisotopic (exact) mass is 329 g/mol. The predicted molar refractivity (Wildman–Crippen MR) is 101 cm³/mol. The maximum atomic E-state index is 6.03. The lowest BCUT2D eigenvalue weighted by Gasteiger charge is -2.13. The summed E-state index contributed by atoms with van der Waals surface area (Å²) in [7, 11) is 2.02. The van der Waals surface area contributed by atoms with Gasteiger partial charge in [0.1, 0.15) is 0 Å². The van der Waals surface area contributed by atoms with Crippen molar-refractivity contribution in [3.63, 3.8) is 0 Å². The Labute approximate surface area is 144 Å². The summed E-state index contributed by atoms with van der Waals surface area (Å²) in [6.45, 7) is 7.99. The minimum Gasteiger partial charge on any atom is -0.381 e. The molecule has 0 bridgehead atoms.